The second-order valence-electron chi connectivity index (χ2n) is 2.49. The van der Waals surface area contributed by atoms with Gasteiger partial charge >= 0.3 is 5.97 Å². The molecule has 0 heterocycles. The Morgan fingerprint density at radius 1 is 1.43 bits per heavy atom. The number of carbonyl (C=O) groups excluding carboxylic acids is 1. The maximum Gasteiger partial charge on any atom is 0.310 e. The highest BCUT2D eigenvalue weighted by atomic mass is 35.5. The Labute approximate surface area is 92.5 Å². The molecular weight excluding hydrogens is 225 g/mol. The first-order chi connectivity index (χ1) is 6.13. The van der Waals surface area contributed by atoms with Crippen LogP contribution in [0.25, 0.3) is 0 Å². The number of methoxy groups -OCH3 is 1. The first-order valence-corrected chi connectivity index (χ1v) is 4.40. The maximum absolute atomic E-state index is 10.9. The van der Waals surface area contributed by atoms with Gasteiger partial charge in [-0.1, -0.05) is 29.3 Å². The average Bonchev–Trinajstić information content (AvgIpc) is 2.09. The molecule has 0 aliphatic carbocycles. The lowest BCUT2D eigenvalue weighted by atomic mass is 10.1. The highest BCUT2D eigenvalue weighted by Gasteiger charge is 2.06. The molecule has 0 unspecified atom stereocenters. The van der Waals surface area contributed by atoms with Crippen molar-refractivity contribution in [2.45, 2.75) is 6.42 Å². The van der Waals surface area contributed by atoms with Crippen LogP contribution in [-0.2, 0) is 16.0 Å². The van der Waals surface area contributed by atoms with E-state index in [4.69, 9.17) is 23.2 Å². The number of rotatable bonds is 2. The third kappa shape index (κ3) is 3.54. The van der Waals surface area contributed by atoms with Gasteiger partial charge < -0.3 is 4.74 Å². The van der Waals surface area contributed by atoms with Gasteiger partial charge in [0.2, 0.25) is 0 Å². The SMILES string of the molecule is COC(=O)Cc1ccc(Cl)cc1Cl.[N]. The molecule has 0 bridgehead atoms. The molecular formula is C9H8Cl2NO2. The Morgan fingerprint density at radius 2 is 2.07 bits per heavy atom. The Morgan fingerprint density at radius 3 is 2.57 bits per heavy atom. The number of ether oxygens (including phenoxy) is 1. The first-order valence-electron chi connectivity index (χ1n) is 3.64. The molecule has 5 heteroatoms. The molecule has 0 aliphatic rings. The molecule has 0 saturated heterocycles. The molecule has 75 valence electrons. The third-order valence-corrected chi connectivity index (χ3v) is 2.16. The third-order valence-electron chi connectivity index (χ3n) is 1.58. The van der Waals surface area contributed by atoms with Crippen molar-refractivity contribution in [2.24, 2.45) is 0 Å². The molecule has 0 amide bonds. The monoisotopic (exact) mass is 232 g/mol. The van der Waals surface area contributed by atoms with Crippen molar-refractivity contribution in [3.63, 3.8) is 0 Å². The van der Waals surface area contributed by atoms with Crippen molar-refractivity contribution in [3.05, 3.63) is 33.8 Å². The fourth-order valence-electron chi connectivity index (χ4n) is 0.893. The van der Waals surface area contributed by atoms with Crippen LogP contribution in [0.15, 0.2) is 18.2 Å². The number of hydrogen-bond donors (Lipinski definition) is 0. The van der Waals surface area contributed by atoms with Gasteiger partial charge in [0.1, 0.15) is 0 Å². The predicted molar refractivity (Wildman–Crippen MR) is 54.3 cm³/mol. The van der Waals surface area contributed by atoms with Crippen LogP contribution in [0.3, 0.4) is 0 Å². The quantitative estimate of drug-likeness (QED) is 0.735. The molecule has 1 aromatic rings. The number of benzene rings is 1. The second-order valence-corrected chi connectivity index (χ2v) is 3.33. The van der Waals surface area contributed by atoms with Crippen LogP contribution >= 0.6 is 23.2 Å². The maximum atomic E-state index is 10.9. The van der Waals surface area contributed by atoms with Gasteiger partial charge in [0, 0.05) is 16.2 Å². The zero-order valence-electron chi connectivity index (χ0n) is 7.46. The summed E-state index contributed by atoms with van der Waals surface area (Å²) in [5, 5.41) is 1.04. The Kier molecular flexibility index (Phi) is 5.53. The zero-order valence-corrected chi connectivity index (χ0v) is 8.97. The van der Waals surface area contributed by atoms with E-state index in [0.717, 1.165) is 5.56 Å². The Balaban J connectivity index is 0.00000169. The summed E-state index contributed by atoms with van der Waals surface area (Å²) in [5.74, 6) is -0.316. The number of esters is 1. The lowest BCUT2D eigenvalue weighted by Crippen LogP contribution is -2.04. The molecule has 3 nitrogen and oxygen atoms in total. The van der Waals surface area contributed by atoms with E-state index in [-0.39, 0.29) is 18.5 Å². The van der Waals surface area contributed by atoms with Gasteiger partial charge in [-0.2, -0.15) is 0 Å². The molecule has 0 fully saturated rings. The van der Waals surface area contributed by atoms with E-state index in [1.807, 2.05) is 0 Å². The summed E-state index contributed by atoms with van der Waals surface area (Å²) in [7, 11) is 1.34. The molecule has 0 aromatic heterocycles. The first kappa shape index (κ1) is 13.2. The summed E-state index contributed by atoms with van der Waals surface area (Å²) in [6.07, 6.45) is 0.173. The molecule has 14 heavy (non-hydrogen) atoms. The van der Waals surface area contributed by atoms with Crippen molar-refractivity contribution in [1.82, 2.24) is 6.15 Å². The van der Waals surface area contributed by atoms with Gasteiger partial charge in [0.25, 0.3) is 0 Å². The molecule has 0 spiro atoms. The van der Waals surface area contributed by atoms with E-state index < -0.39 is 0 Å². The van der Waals surface area contributed by atoms with E-state index in [9.17, 15) is 4.79 Å². The van der Waals surface area contributed by atoms with E-state index >= 15 is 0 Å². The highest BCUT2D eigenvalue weighted by Crippen LogP contribution is 2.21. The van der Waals surface area contributed by atoms with Crippen molar-refractivity contribution in [1.29, 1.82) is 0 Å². The van der Waals surface area contributed by atoms with Crippen LogP contribution in [0.4, 0.5) is 0 Å². The van der Waals surface area contributed by atoms with E-state index in [1.54, 1.807) is 18.2 Å². The average molecular weight is 233 g/mol. The largest absolute Gasteiger partial charge is 0.469 e. The van der Waals surface area contributed by atoms with Gasteiger partial charge in [0.15, 0.2) is 0 Å². The summed E-state index contributed by atoms with van der Waals surface area (Å²) >= 11 is 11.5. The van der Waals surface area contributed by atoms with E-state index in [0.29, 0.717) is 10.0 Å². The summed E-state index contributed by atoms with van der Waals surface area (Å²) < 4.78 is 4.51. The highest BCUT2D eigenvalue weighted by molar-refractivity contribution is 6.35. The van der Waals surface area contributed by atoms with Gasteiger partial charge in [-0.15, -0.1) is 0 Å². The molecule has 0 atom stereocenters. The van der Waals surface area contributed by atoms with Crippen molar-refractivity contribution in [2.75, 3.05) is 7.11 Å². The minimum Gasteiger partial charge on any atom is -0.469 e. The molecule has 1 aromatic carbocycles. The molecule has 3 radical (unpaired) electrons. The van der Waals surface area contributed by atoms with Gasteiger partial charge in [-0.3, -0.25) is 4.79 Å². The van der Waals surface area contributed by atoms with Gasteiger partial charge in [-0.05, 0) is 17.7 Å². The number of halogens is 2. The minimum atomic E-state index is -0.316. The Bertz CT molecular complexity index is 329. The number of carbonyl (C=O) groups is 1. The van der Waals surface area contributed by atoms with Crippen molar-refractivity contribution >= 4 is 29.2 Å². The van der Waals surface area contributed by atoms with Crippen molar-refractivity contribution in [3.8, 4) is 0 Å². The van der Waals surface area contributed by atoms with E-state index in [2.05, 4.69) is 4.74 Å². The normalized spacial score (nSPS) is 9.07. The molecule has 0 N–H and O–H groups in total. The lowest BCUT2D eigenvalue weighted by Gasteiger charge is -2.02. The molecule has 0 saturated carbocycles. The van der Waals surface area contributed by atoms with Crippen LogP contribution in [-0.4, -0.2) is 13.1 Å². The second kappa shape index (κ2) is 5.86. The summed E-state index contributed by atoms with van der Waals surface area (Å²) in [6, 6.07) is 4.99. The molecule has 1 rings (SSSR count). The number of nitrogens with zero attached hydrogens (tertiary/aromatic N) is 1. The summed E-state index contributed by atoms with van der Waals surface area (Å²) in [4.78, 5) is 10.9. The Hall–Kier alpha value is -0.770. The predicted octanol–water partition coefficient (Wildman–Crippen LogP) is 2.23. The topological polar surface area (TPSA) is 56.8 Å². The zero-order chi connectivity index (χ0) is 9.84. The fraction of sp³-hybridized carbons (Fsp3) is 0.222. The fourth-order valence-corrected chi connectivity index (χ4v) is 1.37. The van der Waals surface area contributed by atoms with Gasteiger partial charge in [-0.25, -0.2) is 0 Å². The molecule has 0 aliphatic heterocycles. The van der Waals surface area contributed by atoms with Crippen LogP contribution in [0.1, 0.15) is 5.56 Å². The smallest absolute Gasteiger partial charge is 0.310 e. The van der Waals surface area contributed by atoms with E-state index in [1.165, 1.54) is 7.11 Å². The van der Waals surface area contributed by atoms with Crippen molar-refractivity contribution < 1.29 is 9.53 Å². The van der Waals surface area contributed by atoms with Crippen LogP contribution in [0.5, 0.6) is 0 Å². The van der Waals surface area contributed by atoms with Crippen LogP contribution in [0, 0.1) is 0 Å². The lowest BCUT2D eigenvalue weighted by molar-refractivity contribution is -0.139. The number of hydrogen-bond acceptors (Lipinski definition) is 2. The van der Waals surface area contributed by atoms with Gasteiger partial charge in [0.05, 0.1) is 13.5 Å². The minimum absolute atomic E-state index is 0. The van der Waals surface area contributed by atoms with Crippen LogP contribution < -0.4 is 6.15 Å². The standard InChI is InChI=1S/C9H8Cl2O2.N/c1-13-9(12)4-6-2-3-7(10)5-8(6)11;/h2-3,5H,4H2,1H3;. The summed E-state index contributed by atoms with van der Waals surface area (Å²) in [6.45, 7) is 0. The van der Waals surface area contributed by atoms with Crippen LogP contribution in [0.2, 0.25) is 10.0 Å². The summed E-state index contributed by atoms with van der Waals surface area (Å²) in [5.41, 5.74) is 0.720.